The van der Waals surface area contributed by atoms with Crippen molar-refractivity contribution in [2.75, 3.05) is 18.4 Å². The van der Waals surface area contributed by atoms with Crippen molar-refractivity contribution in [3.63, 3.8) is 0 Å². The van der Waals surface area contributed by atoms with Crippen molar-refractivity contribution in [2.24, 2.45) is 0 Å². The van der Waals surface area contributed by atoms with Crippen molar-refractivity contribution in [2.45, 2.75) is 19.3 Å². The van der Waals surface area contributed by atoms with E-state index in [-0.39, 0.29) is 5.91 Å². The topological polar surface area (TPSA) is 71.0 Å². The normalized spacial score (nSPS) is 15.9. The Morgan fingerprint density at radius 1 is 1.09 bits per heavy atom. The summed E-state index contributed by atoms with van der Waals surface area (Å²) >= 11 is 0. The number of fused-ring (bicyclic) bond motifs is 1. The molecule has 0 spiro atoms. The largest absolute Gasteiger partial charge is 0.377 e. The SMILES string of the molecule is CC=CN1CCC(c2cc(-c3ccc(C(=O)Nc4ccccn4)cc3)cc3cncnc23)C1. The number of pyridine rings is 1. The Hall–Kier alpha value is -4.06. The Morgan fingerprint density at radius 2 is 1.97 bits per heavy atom. The quantitative estimate of drug-likeness (QED) is 0.463. The van der Waals surface area contributed by atoms with Gasteiger partial charge >= 0.3 is 0 Å². The fourth-order valence-electron chi connectivity index (χ4n) is 4.44. The molecule has 1 aliphatic rings. The summed E-state index contributed by atoms with van der Waals surface area (Å²) in [4.78, 5) is 27.9. The van der Waals surface area contributed by atoms with Crippen LogP contribution in [0.25, 0.3) is 22.0 Å². The van der Waals surface area contributed by atoms with Gasteiger partial charge < -0.3 is 10.2 Å². The van der Waals surface area contributed by atoms with Crippen molar-refractivity contribution >= 4 is 22.6 Å². The molecule has 1 saturated heterocycles. The van der Waals surface area contributed by atoms with Gasteiger partial charge in [-0.2, -0.15) is 0 Å². The number of carbonyl (C=O) groups is 1. The minimum Gasteiger partial charge on any atom is -0.377 e. The number of carbonyl (C=O) groups excluding carboxylic acids is 1. The van der Waals surface area contributed by atoms with Crippen LogP contribution in [0.15, 0.2) is 85.6 Å². The molecule has 1 N–H and O–H groups in total. The third kappa shape index (κ3) is 4.46. The fraction of sp³-hybridized carbons (Fsp3) is 0.185. The first kappa shape index (κ1) is 20.8. The third-order valence-electron chi connectivity index (χ3n) is 6.04. The average molecular weight is 436 g/mol. The third-order valence-corrected chi connectivity index (χ3v) is 6.04. The lowest BCUT2D eigenvalue weighted by Gasteiger charge is -2.16. The molecule has 1 fully saturated rings. The summed E-state index contributed by atoms with van der Waals surface area (Å²) in [7, 11) is 0. The maximum atomic E-state index is 12.6. The van der Waals surface area contributed by atoms with Gasteiger partial charge in [0, 0.05) is 42.4 Å². The van der Waals surface area contributed by atoms with Crippen molar-refractivity contribution in [1.29, 1.82) is 0 Å². The molecule has 1 aliphatic heterocycles. The predicted octanol–water partition coefficient (Wildman–Crippen LogP) is 5.27. The van der Waals surface area contributed by atoms with E-state index in [1.54, 1.807) is 18.6 Å². The number of benzene rings is 2. The summed E-state index contributed by atoms with van der Waals surface area (Å²) in [5, 5.41) is 3.86. The predicted molar refractivity (Wildman–Crippen MR) is 131 cm³/mol. The summed E-state index contributed by atoms with van der Waals surface area (Å²) in [5.74, 6) is 0.777. The van der Waals surface area contributed by atoms with Crippen LogP contribution in [0.1, 0.15) is 35.2 Å². The lowest BCUT2D eigenvalue weighted by molar-refractivity contribution is 0.102. The number of hydrogen-bond acceptors (Lipinski definition) is 5. The van der Waals surface area contributed by atoms with E-state index in [0.29, 0.717) is 17.3 Å². The first-order valence-corrected chi connectivity index (χ1v) is 11.1. The second-order valence-electron chi connectivity index (χ2n) is 8.24. The van der Waals surface area contributed by atoms with Crippen LogP contribution in [0.4, 0.5) is 5.82 Å². The van der Waals surface area contributed by atoms with Crippen LogP contribution >= 0.6 is 0 Å². The maximum Gasteiger partial charge on any atom is 0.256 e. The standard InChI is InChI=1S/C27H25N5O/c1-2-12-32-13-10-21(17-32)24-15-22(14-23-16-28-18-30-26(23)24)19-6-8-20(9-7-19)27(33)31-25-5-3-4-11-29-25/h2-9,11-12,14-16,18,21H,10,13,17H2,1H3,(H,29,31,33). The van der Waals surface area contributed by atoms with Crippen molar-refractivity contribution in [1.82, 2.24) is 19.9 Å². The van der Waals surface area contributed by atoms with Crippen molar-refractivity contribution < 1.29 is 4.79 Å². The first-order valence-electron chi connectivity index (χ1n) is 11.1. The van der Waals surface area contributed by atoms with E-state index in [2.05, 4.69) is 56.5 Å². The summed E-state index contributed by atoms with van der Waals surface area (Å²) in [6, 6.07) is 17.5. The number of rotatable bonds is 5. The van der Waals surface area contributed by atoms with E-state index in [0.717, 1.165) is 41.5 Å². The molecular formula is C27H25N5O. The monoisotopic (exact) mass is 435 g/mol. The number of likely N-dealkylation sites (tertiary alicyclic amines) is 1. The lowest BCUT2D eigenvalue weighted by atomic mass is 9.91. The molecule has 33 heavy (non-hydrogen) atoms. The second kappa shape index (κ2) is 9.20. The second-order valence-corrected chi connectivity index (χ2v) is 8.24. The van der Waals surface area contributed by atoms with Crippen LogP contribution in [-0.4, -0.2) is 38.8 Å². The van der Waals surface area contributed by atoms with Gasteiger partial charge in [0.1, 0.15) is 12.1 Å². The Balaban J connectivity index is 1.44. The van der Waals surface area contributed by atoms with Crippen molar-refractivity contribution in [3.8, 4) is 11.1 Å². The summed E-state index contributed by atoms with van der Waals surface area (Å²) < 4.78 is 0. The Morgan fingerprint density at radius 3 is 2.76 bits per heavy atom. The van der Waals surface area contributed by atoms with Crippen LogP contribution in [0.2, 0.25) is 0 Å². The van der Waals surface area contributed by atoms with Gasteiger partial charge in [0.15, 0.2) is 0 Å². The molecule has 4 aromatic rings. The highest BCUT2D eigenvalue weighted by Gasteiger charge is 2.24. The lowest BCUT2D eigenvalue weighted by Crippen LogP contribution is -2.13. The molecule has 2 aromatic carbocycles. The molecule has 5 rings (SSSR count). The summed E-state index contributed by atoms with van der Waals surface area (Å²) in [5.41, 5.74) is 5.03. The van der Waals surface area contributed by atoms with E-state index in [4.69, 9.17) is 0 Å². The molecule has 0 radical (unpaired) electrons. The van der Waals surface area contributed by atoms with E-state index >= 15 is 0 Å². The highest BCUT2D eigenvalue weighted by molar-refractivity contribution is 6.04. The van der Waals surface area contributed by atoms with E-state index in [9.17, 15) is 4.79 Å². The van der Waals surface area contributed by atoms with Gasteiger partial charge in [-0.05, 0) is 72.6 Å². The van der Waals surface area contributed by atoms with E-state index < -0.39 is 0 Å². The molecule has 1 unspecified atom stereocenters. The molecule has 1 amide bonds. The number of nitrogens with zero attached hydrogens (tertiary/aromatic N) is 4. The minimum atomic E-state index is -0.178. The van der Waals surface area contributed by atoms with Gasteiger partial charge in [-0.1, -0.05) is 24.3 Å². The molecule has 6 nitrogen and oxygen atoms in total. The number of nitrogens with one attached hydrogen (secondary N) is 1. The smallest absolute Gasteiger partial charge is 0.256 e. The van der Waals surface area contributed by atoms with Gasteiger partial charge in [0.25, 0.3) is 5.91 Å². The maximum absolute atomic E-state index is 12.6. The Kier molecular flexibility index (Phi) is 5.81. The zero-order chi connectivity index (χ0) is 22.6. The summed E-state index contributed by atoms with van der Waals surface area (Å²) in [6.45, 7) is 4.09. The Bertz CT molecular complexity index is 1300. The molecule has 3 heterocycles. The van der Waals surface area contributed by atoms with Crippen molar-refractivity contribution in [3.05, 3.63) is 96.7 Å². The van der Waals surface area contributed by atoms with Gasteiger partial charge in [0.05, 0.1) is 5.52 Å². The highest BCUT2D eigenvalue weighted by Crippen LogP contribution is 2.35. The van der Waals surface area contributed by atoms with Gasteiger partial charge in [-0.15, -0.1) is 0 Å². The molecule has 164 valence electrons. The number of amides is 1. The molecule has 0 saturated carbocycles. The highest BCUT2D eigenvalue weighted by atomic mass is 16.1. The molecule has 0 aliphatic carbocycles. The van der Waals surface area contributed by atoms with E-state index in [1.165, 1.54) is 5.56 Å². The summed E-state index contributed by atoms with van der Waals surface area (Å²) in [6.07, 6.45) is 10.5. The van der Waals surface area contributed by atoms with Gasteiger partial charge in [-0.3, -0.25) is 4.79 Å². The first-order chi connectivity index (χ1) is 16.2. The number of hydrogen-bond donors (Lipinski definition) is 1. The van der Waals surface area contributed by atoms with Crippen LogP contribution in [0.5, 0.6) is 0 Å². The molecular weight excluding hydrogens is 410 g/mol. The zero-order valence-electron chi connectivity index (χ0n) is 18.5. The zero-order valence-corrected chi connectivity index (χ0v) is 18.5. The van der Waals surface area contributed by atoms with Gasteiger partial charge in [0.2, 0.25) is 0 Å². The van der Waals surface area contributed by atoms with Crippen LogP contribution in [0, 0.1) is 0 Å². The average Bonchev–Trinajstić information content (AvgIpc) is 3.33. The number of anilines is 1. The molecule has 2 aromatic heterocycles. The minimum absolute atomic E-state index is 0.178. The van der Waals surface area contributed by atoms with Gasteiger partial charge in [-0.25, -0.2) is 15.0 Å². The van der Waals surface area contributed by atoms with Crippen LogP contribution in [0.3, 0.4) is 0 Å². The number of aromatic nitrogens is 3. The molecule has 0 bridgehead atoms. The van der Waals surface area contributed by atoms with Crippen LogP contribution in [-0.2, 0) is 0 Å². The fourth-order valence-corrected chi connectivity index (χ4v) is 4.44. The van der Waals surface area contributed by atoms with E-state index in [1.807, 2.05) is 42.6 Å². The number of allylic oxidation sites excluding steroid dienone is 1. The molecule has 1 atom stereocenters. The molecule has 6 heteroatoms. The Labute approximate surface area is 193 Å². The van der Waals surface area contributed by atoms with Crippen LogP contribution < -0.4 is 5.32 Å².